The minimum Gasteiger partial charge on any atom is -0.493 e. The standard InChI is InChI=1S/C18H19F2N3O5/c1-27-14-3-2-11(8-15(14)28-18(19)20)16(24)22-6-4-13(5-7-22)23-10-12(9-21-23)17(25)26/h2-3,8-10,13,18H,4-7H2,1H3,(H,25,26). The lowest BCUT2D eigenvalue weighted by molar-refractivity contribution is -0.0512. The molecule has 1 amide bonds. The highest BCUT2D eigenvalue weighted by Gasteiger charge is 2.26. The molecule has 0 unspecified atom stereocenters. The number of benzene rings is 1. The molecule has 28 heavy (non-hydrogen) atoms. The Hall–Kier alpha value is -3.17. The maximum atomic E-state index is 12.7. The lowest BCUT2D eigenvalue weighted by atomic mass is 10.0. The number of carbonyl (C=O) groups is 2. The summed E-state index contributed by atoms with van der Waals surface area (Å²) >= 11 is 0. The molecule has 1 aliphatic rings. The number of halogens is 2. The number of carbonyl (C=O) groups excluding carboxylic acids is 1. The summed E-state index contributed by atoms with van der Waals surface area (Å²) in [6.07, 6.45) is 3.97. The van der Waals surface area contributed by atoms with Crippen LogP contribution in [0.25, 0.3) is 0 Å². The molecule has 0 atom stereocenters. The summed E-state index contributed by atoms with van der Waals surface area (Å²) in [5.74, 6) is -1.42. The Balaban J connectivity index is 1.67. The number of amides is 1. The number of aromatic carboxylic acids is 1. The van der Waals surface area contributed by atoms with Gasteiger partial charge >= 0.3 is 12.6 Å². The normalized spacial score (nSPS) is 14.9. The molecule has 1 aromatic carbocycles. The van der Waals surface area contributed by atoms with Crippen molar-refractivity contribution in [3.63, 3.8) is 0 Å². The van der Waals surface area contributed by atoms with Crippen molar-refractivity contribution in [2.24, 2.45) is 0 Å². The van der Waals surface area contributed by atoms with Gasteiger partial charge in [-0.2, -0.15) is 13.9 Å². The van der Waals surface area contributed by atoms with Crippen LogP contribution in [-0.4, -0.2) is 58.5 Å². The number of piperidine rings is 1. The first-order chi connectivity index (χ1) is 13.4. The molecular formula is C18H19F2N3O5. The first kappa shape index (κ1) is 19.6. The van der Waals surface area contributed by atoms with Crippen molar-refractivity contribution in [1.82, 2.24) is 14.7 Å². The van der Waals surface area contributed by atoms with Crippen molar-refractivity contribution in [2.75, 3.05) is 20.2 Å². The molecule has 1 aliphatic heterocycles. The quantitative estimate of drug-likeness (QED) is 0.808. The van der Waals surface area contributed by atoms with Gasteiger partial charge in [0.2, 0.25) is 0 Å². The smallest absolute Gasteiger partial charge is 0.387 e. The van der Waals surface area contributed by atoms with Crippen LogP contribution in [0.5, 0.6) is 11.5 Å². The lowest BCUT2D eigenvalue weighted by Gasteiger charge is -2.32. The predicted molar refractivity (Wildman–Crippen MR) is 93.0 cm³/mol. The number of alkyl halides is 2. The van der Waals surface area contributed by atoms with Crippen molar-refractivity contribution in [3.8, 4) is 11.5 Å². The zero-order chi connectivity index (χ0) is 20.3. The minimum absolute atomic E-state index is 0.00857. The maximum absolute atomic E-state index is 12.7. The number of nitrogens with zero attached hydrogens (tertiary/aromatic N) is 3. The average molecular weight is 395 g/mol. The van der Waals surface area contributed by atoms with Crippen LogP contribution < -0.4 is 9.47 Å². The molecule has 150 valence electrons. The molecule has 10 heteroatoms. The number of hydrogen-bond donors (Lipinski definition) is 1. The van der Waals surface area contributed by atoms with Gasteiger partial charge in [0.15, 0.2) is 11.5 Å². The Morgan fingerprint density at radius 2 is 1.93 bits per heavy atom. The molecule has 1 aromatic heterocycles. The number of carboxylic acid groups (broad SMARTS) is 1. The second-order valence-electron chi connectivity index (χ2n) is 6.28. The van der Waals surface area contributed by atoms with Gasteiger partial charge in [0.1, 0.15) is 0 Å². The number of aromatic nitrogens is 2. The molecule has 0 spiro atoms. The van der Waals surface area contributed by atoms with Crippen molar-refractivity contribution >= 4 is 11.9 Å². The van der Waals surface area contributed by atoms with E-state index in [0.29, 0.717) is 25.9 Å². The van der Waals surface area contributed by atoms with E-state index in [0.717, 1.165) is 0 Å². The van der Waals surface area contributed by atoms with E-state index >= 15 is 0 Å². The lowest BCUT2D eigenvalue weighted by Crippen LogP contribution is -2.39. The van der Waals surface area contributed by atoms with Crippen LogP contribution >= 0.6 is 0 Å². The van der Waals surface area contributed by atoms with Gasteiger partial charge in [0.25, 0.3) is 5.91 Å². The van der Waals surface area contributed by atoms with Crippen LogP contribution in [-0.2, 0) is 0 Å². The molecule has 0 radical (unpaired) electrons. The summed E-state index contributed by atoms with van der Waals surface area (Å²) in [7, 11) is 1.32. The molecule has 8 nitrogen and oxygen atoms in total. The van der Waals surface area contributed by atoms with Crippen molar-refractivity contribution in [2.45, 2.75) is 25.5 Å². The maximum Gasteiger partial charge on any atom is 0.387 e. The number of hydrogen-bond acceptors (Lipinski definition) is 5. The molecule has 3 rings (SSSR count). The van der Waals surface area contributed by atoms with Crippen molar-refractivity contribution < 1.29 is 33.0 Å². The molecular weight excluding hydrogens is 376 g/mol. The third-order valence-electron chi connectivity index (χ3n) is 4.60. The topological polar surface area (TPSA) is 93.9 Å². The number of rotatable bonds is 6. The van der Waals surface area contributed by atoms with Gasteiger partial charge in [-0.15, -0.1) is 0 Å². The van der Waals surface area contributed by atoms with E-state index in [1.807, 2.05) is 0 Å². The highest BCUT2D eigenvalue weighted by atomic mass is 19.3. The Bertz CT molecular complexity index is 863. The van der Waals surface area contributed by atoms with Crippen LogP contribution in [0.4, 0.5) is 8.78 Å². The molecule has 0 saturated carbocycles. The van der Waals surface area contributed by atoms with Crippen LogP contribution in [0, 0.1) is 0 Å². The molecule has 0 aliphatic carbocycles. The summed E-state index contributed by atoms with van der Waals surface area (Å²) in [4.78, 5) is 25.3. The molecule has 2 heterocycles. The second kappa shape index (κ2) is 8.24. The van der Waals surface area contributed by atoms with E-state index in [1.165, 1.54) is 37.7 Å². The zero-order valence-electron chi connectivity index (χ0n) is 15.0. The van der Waals surface area contributed by atoms with Crippen molar-refractivity contribution in [3.05, 3.63) is 41.7 Å². The summed E-state index contributed by atoms with van der Waals surface area (Å²) in [5, 5.41) is 13.1. The SMILES string of the molecule is COc1ccc(C(=O)N2CCC(n3cc(C(=O)O)cn3)CC2)cc1OC(F)F. The summed E-state index contributed by atoms with van der Waals surface area (Å²) in [6, 6.07) is 4.14. The van der Waals surface area contributed by atoms with Gasteiger partial charge in [-0.05, 0) is 31.0 Å². The molecule has 1 fully saturated rings. The van der Waals surface area contributed by atoms with Gasteiger partial charge in [-0.1, -0.05) is 0 Å². The van der Waals surface area contributed by atoms with Crippen molar-refractivity contribution in [1.29, 1.82) is 0 Å². The van der Waals surface area contributed by atoms with Crippen LogP contribution in [0.15, 0.2) is 30.6 Å². The monoisotopic (exact) mass is 395 g/mol. The van der Waals surface area contributed by atoms with E-state index in [4.69, 9.17) is 9.84 Å². The van der Waals surface area contributed by atoms with Crippen LogP contribution in [0.3, 0.4) is 0 Å². The minimum atomic E-state index is -3.03. The van der Waals surface area contributed by atoms with Gasteiger partial charge in [0.05, 0.1) is 24.9 Å². The Morgan fingerprint density at radius 3 is 2.50 bits per heavy atom. The fraction of sp³-hybridized carbons (Fsp3) is 0.389. The molecule has 2 aromatic rings. The number of ether oxygens (including phenoxy) is 2. The molecule has 1 N–H and O–H groups in total. The second-order valence-corrected chi connectivity index (χ2v) is 6.28. The van der Waals surface area contributed by atoms with Gasteiger partial charge in [-0.25, -0.2) is 4.79 Å². The van der Waals surface area contributed by atoms with E-state index in [-0.39, 0.29) is 34.6 Å². The van der Waals surface area contributed by atoms with E-state index in [1.54, 1.807) is 9.58 Å². The summed E-state index contributed by atoms with van der Waals surface area (Å²) in [6.45, 7) is -2.16. The Morgan fingerprint density at radius 1 is 1.21 bits per heavy atom. The molecule has 1 saturated heterocycles. The van der Waals surface area contributed by atoms with Crippen LogP contribution in [0.2, 0.25) is 0 Å². The van der Waals surface area contributed by atoms with Crippen LogP contribution in [0.1, 0.15) is 39.6 Å². The zero-order valence-corrected chi connectivity index (χ0v) is 15.0. The highest BCUT2D eigenvalue weighted by molar-refractivity contribution is 5.95. The third kappa shape index (κ3) is 4.21. The highest BCUT2D eigenvalue weighted by Crippen LogP contribution is 2.31. The van der Waals surface area contributed by atoms with E-state index < -0.39 is 12.6 Å². The largest absolute Gasteiger partial charge is 0.493 e. The Labute approximate surface area is 159 Å². The number of carboxylic acids is 1. The summed E-state index contributed by atoms with van der Waals surface area (Å²) < 4.78 is 36.1. The van der Waals surface area contributed by atoms with Gasteiger partial charge in [-0.3, -0.25) is 9.48 Å². The number of likely N-dealkylation sites (tertiary alicyclic amines) is 1. The first-order valence-electron chi connectivity index (χ1n) is 8.58. The fourth-order valence-electron chi connectivity index (χ4n) is 3.16. The average Bonchev–Trinajstić information content (AvgIpc) is 3.17. The molecule has 0 bridgehead atoms. The van der Waals surface area contributed by atoms with E-state index in [2.05, 4.69) is 9.84 Å². The fourth-order valence-corrected chi connectivity index (χ4v) is 3.16. The third-order valence-corrected chi connectivity index (χ3v) is 4.60. The van der Waals surface area contributed by atoms with E-state index in [9.17, 15) is 18.4 Å². The van der Waals surface area contributed by atoms with Gasteiger partial charge in [0, 0.05) is 24.8 Å². The predicted octanol–water partition coefficient (Wildman–Crippen LogP) is 2.67. The number of methoxy groups -OCH3 is 1. The summed E-state index contributed by atoms with van der Waals surface area (Å²) in [5.41, 5.74) is 0.338. The Kier molecular flexibility index (Phi) is 5.76. The van der Waals surface area contributed by atoms with Gasteiger partial charge < -0.3 is 19.5 Å². The first-order valence-corrected chi connectivity index (χ1v) is 8.58.